The highest BCUT2D eigenvalue weighted by Crippen LogP contribution is 2.57. The topological polar surface area (TPSA) is 198 Å². The quantitative estimate of drug-likeness (QED) is 0.0632. The van der Waals surface area contributed by atoms with Gasteiger partial charge in [-0.25, -0.2) is 0 Å². The van der Waals surface area contributed by atoms with Crippen molar-refractivity contribution in [2.45, 2.75) is 70.4 Å². The number of carboxylic acid groups (broad SMARTS) is 2. The lowest BCUT2D eigenvalue weighted by atomic mass is 9.80. The van der Waals surface area contributed by atoms with E-state index in [2.05, 4.69) is 10.6 Å². The number of Topliss-reactive ketones (excluding diaryl/α,β-unsaturated/α-hetero) is 1. The summed E-state index contributed by atoms with van der Waals surface area (Å²) in [6.45, 7) is 3.16. The predicted octanol–water partition coefficient (Wildman–Crippen LogP) is 6.05. The summed E-state index contributed by atoms with van der Waals surface area (Å²) in [7, 11) is 4.22. The van der Waals surface area contributed by atoms with Gasteiger partial charge in [-0.15, -0.1) is 0 Å². The zero-order chi connectivity index (χ0) is 38.5. The number of aromatic hydroxyl groups is 1. The van der Waals surface area contributed by atoms with Gasteiger partial charge < -0.3 is 40.2 Å². The monoisotopic (exact) mass is 736 g/mol. The first-order valence-electron chi connectivity index (χ1n) is 18.1. The number of ketones is 1. The number of carboxylic acids is 2. The lowest BCUT2D eigenvalue weighted by molar-refractivity contribution is -0.142. The van der Waals surface area contributed by atoms with Gasteiger partial charge in [0.05, 0.1) is 61.2 Å². The molecule has 13 heteroatoms. The number of ether oxygens (including phenoxy) is 3. The lowest BCUT2D eigenvalue weighted by Crippen LogP contribution is -2.30. The molecule has 0 aliphatic heterocycles. The molecule has 5 unspecified atom stereocenters. The van der Waals surface area contributed by atoms with Gasteiger partial charge in [-0.2, -0.15) is 0 Å². The van der Waals surface area contributed by atoms with Gasteiger partial charge in [0.1, 0.15) is 17.3 Å². The Morgan fingerprint density at radius 2 is 1.30 bits per heavy atom. The SMILES string of the molecule is COc1c2c3c4c(c(NC5CCCC5C(=O)O)c(O)c5c(=O)cc(OC)c(c6c(OC)cc(NC7CCCC7C(=O)O)c(c1=O)c63)c54)C=C(C)C2C(C)=O. The van der Waals surface area contributed by atoms with Gasteiger partial charge in [0.25, 0.3) is 0 Å². The Balaban J connectivity index is 1.65. The first-order chi connectivity index (χ1) is 25.8. The van der Waals surface area contributed by atoms with Crippen LogP contribution in [0.4, 0.5) is 11.4 Å². The van der Waals surface area contributed by atoms with Crippen LogP contribution in [0.5, 0.6) is 23.0 Å². The van der Waals surface area contributed by atoms with Gasteiger partial charge in [-0.05, 0) is 44.9 Å². The third-order valence-electron chi connectivity index (χ3n) is 12.0. The molecule has 0 amide bonds. The summed E-state index contributed by atoms with van der Waals surface area (Å²) in [5, 5.41) is 41.5. The molecule has 13 nitrogen and oxygen atoms in total. The van der Waals surface area contributed by atoms with Crippen LogP contribution in [0.1, 0.15) is 69.4 Å². The number of nitrogens with one attached hydrogen (secondary N) is 2. The minimum atomic E-state index is -0.997. The van der Waals surface area contributed by atoms with Crippen LogP contribution in [0.25, 0.3) is 49.2 Å². The molecule has 2 saturated carbocycles. The Bertz CT molecular complexity index is 2620. The number of carbonyl (C=O) groups is 3. The lowest BCUT2D eigenvalue weighted by Gasteiger charge is -2.27. The van der Waals surface area contributed by atoms with E-state index in [0.29, 0.717) is 87.7 Å². The van der Waals surface area contributed by atoms with Crippen molar-refractivity contribution in [2.75, 3.05) is 32.0 Å². The largest absolute Gasteiger partial charge is 0.505 e. The maximum atomic E-state index is 15.0. The molecule has 0 bridgehead atoms. The summed E-state index contributed by atoms with van der Waals surface area (Å²) in [6.07, 6.45) is 5.00. The number of allylic oxidation sites excluding steroid dienone is 1. The second kappa shape index (κ2) is 12.6. The third kappa shape index (κ3) is 4.79. The van der Waals surface area contributed by atoms with Crippen LogP contribution in [-0.2, 0) is 14.4 Å². The number of anilines is 2. The zero-order valence-corrected chi connectivity index (χ0v) is 30.5. The van der Waals surface area contributed by atoms with Crippen LogP contribution in [0, 0.1) is 11.8 Å². The number of aliphatic carboxylic acids is 2. The fourth-order valence-electron chi connectivity index (χ4n) is 9.78. The van der Waals surface area contributed by atoms with Crippen LogP contribution in [0.2, 0.25) is 0 Å². The van der Waals surface area contributed by atoms with Gasteiger partial charge in [-0.3, -0.25) is 24.0 Å². The Morgan fingerprint density at radius 3 is 1.85 bits per heavy atom. The minimum absolute atomic E-state index is 0.0568. The van der Waals surface area contributed by atoms with Crippen LogP contribution in [-0.4, -0.2) is 66.5 Å². The number of rotatable bonds is 10. The van der Waals surface area contributed by atoms with Gasteiger partial charge in [0, 0.05) is 62.3 Å². The van der Waals surface area contributed by atoms with E-state index >= 15 is 0 Å². The van der Waals surface area contributed by atoms with E-state index in [1.807, 2.05) is 0 Å². The van der Waals surface area contributed by atoms with Crippen molar-refractivity contribution in [1.82, 2.24) is 0 Å². The summed E-state index contributed by atoms with van der Waals surface area (Å²) >= 11 is 0. The summed E-state index contributed by atoms with van der Waals surface area (Å²) < 4.78 is 17.8. The number of methoxy groups -OCH3 is 3. The van der Waals surface area contributed by atoms with E-state index in [-0.39, 0.29) is 50.8 Å². The summed E-state index contributed by atoms with van der Waals surface area (Å²) in [5.41, 5.74) is 0.566. The highest BCUT2D eigenvalue weighted by atomic mass is 16.5. The average Bonchev–Trinajstić information content (AvgIpc) is 3.77. The van der Waals surface area contributed by atoms with Crippen LogP contribution >= 0.6 is 0 Å². The van der Waals surface area contributed by atoms with Gasteiger partial charge in [0.2, 0.25) is 5.43 Å². The molecule has 2 fully saturated rings. The fraction of sp³-hybridized carbons (Fsp3) is 0.390. The molecule has 8 rings (SSSR count). The number of benzene rings is 5. The number of hydrogen-bond acceptors (Lipinski definition) is 11. The fourth-order valence-corrected chi connectivity index (χ4v) is 9.78. The smallest absolute Gasteiger partial charge is 0.308 e. The van der Waals surface area contributed by atoms with E-state index in [1.54, 1.807) is 19.1 Å². The molecule has 5 aromatic rings. The predicted molar refractivity (Wildman–Crippen MR) is 205 cm³/mol. The standard InChI is InChI=1S/C41H40N2O11/c1-15-12-19-27-32-29(37(46)36(19)43-21-11-7-9-18(21)41(50)51)23(45)14-25(53-4)31(32)30-24(52-3)13-22(42-20-10-6-8-17(20)40(48)49)28-34(30)33(27)35(26(15)16(2)44)39(54-5)38(28)47/h12-14,17-18,20-21,26,42-43,46H,6-11H2,1-5H3,(H,48,49)(H,50,51). The van der Waals surface area contributed by atoms with E-state index in [0.717, 1.165) is 0 Å². The van der Waals surface area contributed by atoms with Crippen molar-refractivity contribution in [3.05, 3.63) is 49.3 Å². The molecule has 5 aromatic carbocycles. The first-order valence-corrected chi connectivity index (χ1v) is 18.1. The van der Waals surface area contributed by atoms with Crippen molar-refractivity contribution in [3.63, 3.8) is 0 Å². The third-order valence-corrected chi connectivity index (χ3v) is 12.0. The molecule has 280 valence electrons. The van der Waals surface area contributed by atoms with Gasteiger partial charge >= 0.3 is 11.9 Å². The maximum absolute atomic E-state index is 15.0. The molecule has 3 aliphatic carbocycles. The molecular weight excluding hydrogens is 696 g/mol. The van der Waals surface area contributed by atoms with Crippen LogP contribution in [0.15, 0.2) is 27.3 Å². The molecule has 0 aromatic heterocycles. The van der Waals surface area contributed by atoms with Crippen molar-refractivity contribution >= 4 is 78.3 Å². The zero-order valence-electron chi connectivity index (χ0n) is 30.5. The summed E-state index contributed by atoms with van der Waals surface area (Å²) in [4.78, 5) is 67.5. The second-order valence-electron chi connectivity index (χ2n) is 14.8. The number of phenols is 1. The second-order valence-corrected chi connectivity index (χ2v) is 14.8. The Labute approximate surface area is 308 Å². The number of fused-ring (bicyclic) bond motifs is 1. The average molecular weight is 737 g/mol. The molecule has 0 spiro atoms. The van der Waals surface area contributed by atoms with E-state index in [9.17, 15) is 39.3 Å². The molecule has 5 atom stereocenters. The molecule has 0 radical (unpaired) electrons. The highest BCUT2D eigenvalue weighted by molar-refractivity contribution is 6.40. The Morgan fingerprint density at radius 1 is 0.722 bits per heavy atom. The van der Waals surface area contributed by atoms with Crippen molar-refractivity contribution in [3.8, 4) is 23.0 Å². The molecule has 5 N–H and O–H groups in total. The Hall–Kier alpha value is -5.85. The normalized spacial score (nSPS) is 22.2. The molecule has 0 saturated heterocycles. The highest BCUT2D eigenvalue weighted by Gasteiger charge is 2.40. The number of hydrogen-bond donors (Lipinski definition) is 5. The summed E-state index contributed by atoms with van der Waals surface area (Å²) in [5.74, 6) is -4.73. The number of phenolic OH excluding ortho intramolecular Hbond substituents is 1. The minimum Gasteiger partial charge on any atom is -0.505 e. The van der Waals surface area contributed by atoms with Crippen molar-refractivity contribution in [1.29, 1.82) is 0 Å². The Kier molecular flexibility index (Phi) is 8.23. The van der Waals surface area contributed by atoms with Gasteiger partial charge in [0.15, 0.2) is 16.9 Å². The van der Waals surface area contributed by atoms with Gasteiger partial charge in [-0.1, -0.05) is 24.5 Å². The van der Waals surface area contributed by atoms with E-state index in [1.165, 1.54) is 34.3 Å². The van der Waals surface area contributed by atoms with Crippen LogP contribution in [0.3, 0.4) is 0 Å². The van der Waals surface area contributed by atoms with E-state index < -0.39 is 52.6 Å². The van der Waals surface area contributed by atoms with Crippen LogP contribution < -0.4 is 35.7 Å². The number of carbonyl (C=O) groups excluding carboxylic acids is 1. The summed E-state index contributed by atoms with van der Waals surface area (Å²) in [6, 6.07) is 1.81. The van der Waals surface area contributed by atoms with E-state index in [4.69, 9.17) is 14.2 Å². The molecule has 54 heavy (non-hydrogen) atoms. The molecule has 3 aliphatic rings. The van der Waals surface area contributed by atoms with Crippen molar-refractivity contribution < 1.29 is 43.9 Å². The molecular formula is C41H40N2O11. The van der Waals surface area contributed by atoms with Crippen molar-refractivity contribution in [2.24, 2.45) is 11.8 Å². The maximum Gasteiger partial charge on any atom is 0.308 e. The first kappa shape index (κ1) is 35.2. The molecule has 0 heterocycles.